The molecule has 1 rings (SSSR count). The number of aliphatic hydroxyl groups is 1. The van der Waals surface area contributed by atoms with Crippen LogP contribution in [0.2, 0.25) is 0 Å². The lowest BCUT2D eigenvalue weighted by Crippen LogP contribution is -2.21. The van der Waals surface area contributed by atoms with E-state index < -0.39 is 0 Å². The molecule has 0 aromatic heterocycles. The van der Waals surface area contributed by atoms with Crippen molar-refractivity contribution in [2.24, 2.45) is 17.8 Å². The highest BCUT2D eigenvalue weighted by molar-refractivity contribution is 4.73. The summed E-state index contributed by atoms with van der Waals surface area (Å²) in [6, 6.07) is 0. The average Bonchev–Trinajstić information content (AvgIpc) is 2.22. The van der Waals surface area contributed by atoms with E-state index in [1.807, 2.05) is 13.8 Å². The molecule has 1 heteroatoms. The maximum atomic E-state index is 8.93. The van der Waals surface area contributed by atoms with Gasteiger partial charge >= 0.3 is 0 Å². The molecule has 0 spiro atoms. The molecule has 2 unspecified atom stereocenters. The largest absolute Gasteiger partial charge is 0.396 e. The highest BCUT2D eigenvalue weighted by Crippen LogP contribution is 2.32. The molecule has 1 saturated carbocycles. The Balaban J connectivity index is 0. The van der Waals surface area contributed by atoms with Crippen molar-refractivity contribution in [2.45, 2.75) is 47.0 Å². The maximum absolute atomic E-state index is 8.93. The Hall–Kier alpha value is -0.300. The summed E-state index contributed by atoms with van der Waals surface area (Å²) in [5, 5.41) is 8.93. The number of hydrogen-bond donors (Lipinski definition) is 1. The lowest BCUT2D eigenvalue weighted by atomic mass is 9.77. The minimum atomic E-state index is 0.397. The zero-order valence-corrected chi connectivity index (χ0v) is 10.4. The average molecular weight is 200 g/mol. The summed E-state index contributed by atoms with van der Waals surface area (Å²) in [6.07, 6.45) is 3.83. The van der Waals surface area contributed by atoms with E-state index in [9.17, 15) is 0 Å². The van der Waals surface area contributed by atoms with E-state index in [0.717, 1.165) is 11.8 Å². The van der Waals surface area contributed by atoms with E-state index in [-0.39, 0.29) is 0 Å². The highest BCUT2D eigenvalue weighted by Gasteiger charge is 2.22. The molecule has 1 aliphatic rings. The van der Waals surface area contributed by atoms with Gasteiger partial charge in [0.25, 0.3) is 0 Å². The number of hydrogen-bond acceptors (Lipinski definition) is 1. The monoisotopic (exact) mass is 200 g/mol. The van der Waals surface area contributed by atoms with Crippen molar-refractivity contribution in [1.82, 2.24) is 0 Å². The van der Waals surface area contributed by atoms with Crippen LogP contribution >= 0.6 is 0 Å². The van der Waals surface area contributed by atoms with Crippen LogP contribution in [0.5, 0.6) is 0 Å². The third-order valence-corrected chi connectivity index (χ3v) is 2.53. The molecule has 0 bridgehead atoms. The lowest BCUT2D eigenvalue weighted by molar-refractivity contribution is 0.138. The van der Waals surface area contributed by atoms with E-state index in [1.54, 1.807) is 0 Å². The van der Waals surface area contributed by atoms with Crippen LogP contribution in [0.15, 0.2) is 13.2 Å². The Morgan fingerprint density at radius 2 is 1.36 bits per heavy atom. The molecule has 14 heavy (non-hydrogen) atoms. The summed E-state index contributed by atoms with van der Waals surface area (Å²) in [4.78, 5) is 0. The molecule has 0 heterocycles. The second-order valence-electron chi connectivity index (χ2n) is 3.97. The van der Waals surface area contributed by atoms with Gasteiger partial charge in [-0.15, -0.1) is 13.2 Å². The molecule has 1 aliphatic carbocycles. The third-order valence-electron chi connectivity index (χ3n) is 2.53. The molecule has 2 atom stereocenters. The van der Waals surface area contributed by atoms with Crippen molar-refractivity contribution in [1.29, 1.82) is 0 Å². The molecule has 86 valence electrons. The van der Waals surface area contributed by atoms with Crippen LogP contribution in [-0.4, -0.2) is 11.7 Å². The quantitative estimate of drug-likeness (QED) is 0.637. The first-order valence-electron chi connectivity index (χ1n) is 5.83. The summed E-state index contributed by atoms with van der Waals surface area (Å²) in [5.74, 6) is 2.26. The van der Waals surface area contributed by atoms with Crippen LogP contribution in [0, 0.1) is 17.8 Å². The summed E-state index contributed by atoms with van der Waals surface area (Å²) in [7, 11) is 0. The van der Waals surface area contributed by atoms with Crippen LogP contribution in [0.1, 0.15) is 47.0 Å². The highest BCUT2D eigenvalue weighted by atomic mass is 16.3. The Kier molecular flexibility index (Phi) is 12.4. The summed E-state index contributed by atoms with van der Waals surface area (Å²) < 4.78 is 0. The fourth-order valence-electron chi connectivity index (χ4n) is 2.26. The topological polar surface area (TPSA) is 20.2 Å². The normalized spacial score (nSPS) is 30.5. The first-order chi connectivity index (χ1) is 6.72. The van der Waals surface area contributed by atoms with Crippen LogP contribution in [0.4, 0.5) is 0 Å². The third kappa shape index (κ3) is 7.14. The van der Waals surface area contributed by atoms with Crippen molar-refractivity contribution in [3.05, 3.63) is 13.2 Å². The van der Waals surface area contributed by atoms with Crippen LogP contribution in [-0.2, 0) is 0 Å². The van der Waals surface area contributed by atoms with E-state index in [0.29, 0.717) is 12.5 Å². The summed E-state index contributed by atoms with van der Waals surface area (Å²) >= 11 is 0. The molecule has 0 aliphatic heterocycles. The fraction of sp³-hybridized carbons (Fsp3) is 0.846. The van der Waals surface area contributed by atoms with Gasteiger partial charge in [0, 0.05) is 6.61 Å². The maximum Gasteiger partial charge on any atom is 0.0459 e. The molecule has 0 amide bonds. The van der Waals surface area contributed by atoms with Crippen molar-refractivity contribution in [3.8, 4) is 0 Å². The number of rotatable bonds is 1. The van der Waals surface area contributed by atoms with Crippen molar-refractivity contribution < 1.29 is 5.11 Å². The molecule has 0 aromatic rings. The molecule has 1 fully saturated rings. The van der Waals surface area contributed by atoms with E-state index >= 15 is 0 Å². The van der Waals surface area contributed by atoms with Crippen LogP contribution < -0.4 is 0 Å². The fourth-order valence-corrected chi connectivity index (χ4v) is 2.26. The summed E-state index contributed by atoms with van der Waals surface area (Å²) in [5.41, 5.74) is 0. The zero-order chi connectivity index (χ0) is 11.6. The van der Waals surface area contributed by atoms with Gasteiger partial charge in [-0.1, -0.05) is 27.7 Å². The Morgan fingerprint density at radius 1 is 1.00 bits per heavy atom. The van der Waals surface area contributed by atoms with Crippen LogP contribution in [0.25, 0.3) is 0 Å². The standard InChI is InChI=1S/C9H18O.C2H6.C2H4/c1-7-3-8(2)5-9(4-7)6-10;2*1-2/h7-10H,3-6H2,1-2H3;1-2H3;1-2H2. The molecular weight excluding hydrogens is 172 g/mol. The van der Waals surface area contributed by atoms with Crippen LogP contribution in [0.3, 0.4) is 0 Å². The predicted octanol–water partition coefficient (Wildman–Crippen LogP) is 3.88. The summed E-state index contributed by atoms with van der Waals surface area (Å²) in [6.45, 7) is 15.0. The lowest BCUT2D eigenvalue weighted by Gasteiger charge is -2.29. The molecule has 0 aromatic carbocycles. The molecule has 1 nitrogen and oxygen atoms in total. The minimum Gasteiger partial charge on any atom is -0.396 e. The molecular formula is C13H28O. The van der Waals surface area contributed by atoms with Gasteiger partial charge in [0.15, 0.2) is 0 Å². The van der Waals surface area contributed by atoms with Gasteiger partial charge in [-0.25, -0.2) is 0 Å². The number of aliphatic hydroxyl groups excluding tert-OH is 1. The second kappa shape index (κ2) is 10.8. The molecule has 1 N–H and O–H groups in total. The van der Waals surface area contributed by atoms with E-state index in [4.69, 9.17) is 5.11 Å². The van der Waals surface area contributed by atoms with Gasteiger partial charge in [-0.2, -0.15) is 0 Å². The first-order valence-corrected chi connectivity index (χ1v) is 5.83. The van der Waals surface area contributed by atoms with Gasteiger partial charge in [-0.3, -0.25) is 0 Å². The van der Waals surface area contributed by atoms with E-state index in [1.165, 1.54) is 19.3 Å². The SMILES string of the molecule is C=C.CC.CC1CC(C)CC(CO)C1. The Bertz CT molecular complexity index is 102. The minimum absolute atomic E-state index is 0.397. The van der Waals surface area contributed by atoms with Crippen molar-refractivity contribution in [2.75, 3.05) is 6.61 Å². The first kappa shape index (κ1) is 16.1. The predicted molar refractivity (Wildman–Crippen MR) is 65.4 cm³/mol. The zero-order valence-electron chi connectivity index (χ0n) is 10.4. The van der Waals surface area contributed by atoms with E-state index in [2.05, 4.69) is 27.0 Å². The van der Waals surface area contributed by atoms with Gasteiger partial charge in [0.2, 0.25) is 0 Å². The smallest absolute Gasteiger partial charge is 0.0459 e. The second-order valence-corrected chi connectivity index (χ2v) is 3.97. The van der Waals surface area contributed by atoms with Crippen molar-refractivity contribution >= 4 is 0 Å². The molecule has 0 radical (unpaired) electrons. The van der Waals surface area contributed by atoms with Gasteiger partial charge < -0.3 is 5.11 Å². The van der Waals surface area contributed by atoms with Crippen molar-refractivity contribution in [3.63, 3.8) is 0 Å². The Morgan fingerprint density at radius 3 is 1.64 bits per heavy atom. The van der Waals surface area contributed by atoms with Gasteiger partial charge in [0.05, 0.1) is 0 Å². The van der Waals surface area contributed by atoms with Gasteiger partial charge in [-0.05, 0) is 37.0 Å². The molecule has 0 saturated heterocycles. The van der Waals surface area contributed by atoms with Gasteiger partial charge in [0.1, 0.15) is 0 Å². The Labute approximate surface area is 90.2 Å².